The average Bonchev–Trinajstić information content (AvgIpc) is 3.11. The lowest BCUT2D eigenvalue weighted by atomic mass is 9.94. The van der Waals surface area contributed by atoms with Gasteiger partial charge in [-0.3, -0.25) is 0 Å². The fourth-order valence-corrected chi connectivity index (χ4v) is 3.20. The molecule has 0 amide bonds. The van der Waals surface area contributed by atoms with E-state index in [2.05, 4.69) is 15.0 Å². The Morgan fingerprint density at radius 1 is 1.20 bits per heavy atom. The lowest BCUT2D eigenvalue weighted by Crippen LogP contribution is -2.23. The van der Waals surface area contributed by atoms with Crippen molar-refractivity contribution >= 4 is 0 Å². The molecule has 20 heavy (non-hydrogen) atoms. The third-order valence-corrected chi connectivity index (χ3v) is 4.24. The largest absolute Gasteiger partial charge is 0.381 e. The van der Waals surface area contributed by atoms with Gasteiger partial charge < -0.3 is 15.2 Å². The molecule has 6 heteroatoms. The van der Waals surface area contributed by atoms with Crippen molar-refractivity contribution in [3.63, 3.8) is 0 Å². The van der Waals surface area contributed by atoms with Crippen LogP contribution in [0, 0.1) is 0 Å². The zero-order valence-corrected chi connectivity index (χ0v) is 12.0. The predicted octanol–water partition coefficient (Wildman–Crippen LogP) is 0.852. The summed E-state index contributed by atoms with van der Waals surface area (Å²) in [6.07, 6.45) is 5.48. The van der Waals surface area contributed by atoms with Gasteiger partial charge in [-0.15, -0.1) is 5.10 Å². The van der Waals surface area contributed by atoms with Crippen LogP contribution in [0.5, 0.6) is 0 Å². The highest BCUT2D eigenvalue weighted by Crippen LogP contribution is 2.29. The Balaban J connectivity index is 1.80. The van der Waals surface area contributed by atoms with Crippen LogP contribution in [0.15, 0.2) is 0 Å². The molecule has 1 aromatic rings. The summed E-state index contributed by atoms with van der Waals surface area (Å²) in [6.45, 7) is 3.98. The second-order valence-corrected chi connectivity index (χ2v) is 5.66. The van der Waals surface area contributed by atoms with Crippen molar-refractivity contribution < 1.29 is 9.47 Å². The van der Waals surface area contributed by atoms with Crippen LogP contribution in [-0.2, 0) is 22.4 Å². The Morgan fingerprint density at radius 2 is 2.05 bits per heavy atom. The van der Waals surface area contributed by atoms with Gasteiger partial charge in [0.25, 0.3) is 0 Å². The zero-order chi connectivity index (χ0) is 13.8. The first kappa shape index (κ1) is 14.0. The van der Waals surface area contributed by atoms with Gasteiger partial charge in [-0.25, -0.2) is 4.68 Å². The monoisotopic (exact) mass is 280 g/mol. The summed E-state index contributed by atoms with van der Waals surface area (Å²) in [5.41, 5.74) is 8.04. The number of hydrogen-bond donors (Lipinski definition) is 1. The molecule has 0 aliphatic carbocycles. The van der Waals surface area contributed by atoms with Crippen LogP contribution >= 0.6 is 0 Å². The molecule has 2 aliphatic heterocycles. The highest BCUT2D eigenvalue weighted by atomic mass is 16.5. The molecule has 2 fully saturated rings. The number of nitrogens with two attached hydrogens (primary N) is 1. The Bertz CT molecular complexity index is 423. The summed E-state index contributed by atoms with van der Waals surface area (Å²) in [4.78, 5) is 0. The molecular formula is C14H24N4O2. The molecule has 0 saturated carbocycles. The minimum atomic E-state index is 0.293. The van der Waals surface area contributed by atoms with E-state index in [1.807, 2.05) is 0 Å². The third kappa shape index (κ3) is 3.02. The van der Waals surface area contributed by atoms with Crippen LogP contribution < -0.4 is 5.73 Å². The fraction of sp³-hybridized carbons (Fsp3) is 0.857. The molecule has 0 aromatic carbocycles. The minimum absolute atomic E-state index is 0.293. The first-order valence-electron chi connectivity index (χ1n) is 7.70. The highest BCUT2D eigenvalue weighted by Gasteiger charge is 2.26. The van der Waals surface area contributed by atoms with E-state index in [-0.39, 0.29) is 0 Å². The Kier molecular flexibility index (Phi) is 4.65. The second-order valence-electron chi connectivity index (χ2n) is 5.66. The Hall–Kier alpha value is -0.980. The summed E-state index contributed by atoms with van der Waals surface area (Å²) >= 11 is 0. The van der Waals surface area contributed by atoms with Gasteiger partial charge in [-0.1, -0.05) is 5.21 Å². The first-order chi connectivity index (χ1) is 9.88. The van der Waals surface area contributed by atoms with E-state index in [1.165, 1.54) is 5.69 Å². The Labute approximate surface area is 119 Å². The van der Waals surface area contributed by atoms with Gasteiger partial charge in [0.05, 0.1) is 24.0 Å². The Morgan fingerprint density at radius 3 is 2.75 bits per heavy atom. The van der Waals surface area contributed by atoms with Crippen molar-refractivity contribution in [3.05, 3.63) is 11.4 Å². The van der Waals surface area contributed by atoms with Crippen molar-refractivity contribution in [2.45, 2.75) is 50.7 Å². The lowest BCUT2D eigenvalue weighted by molar-refractivity contribution is 0.0780. The smallest absolute Gasteiger partial charge is 0.0874 e. The molecule has 6 nitrogen and oxygen atoms in total. The number of nitrogens with zero attached hydrogens (tertiary/aromatic N) is 3. The number of aromatic nitrogens is 3. The van der Waals surface area contributed by atoms with E-state index >= 15 is 0 Å². The molecule has 2 saturated heterocycles. The summed E-state index contributed by atoms with van der Waals surface area (Å²) in [5.74, 6) is 0.502. The maximum Gasteiger partial charge on any atom is 0.0874 e. The maximum atomic E-state index is 5.73. The van der Waals surface area contributed by atoms with E-state index < -0.39 is 0 Å². The molecule has 0 spiro atoms. The van der Waals surface area contributed by atoms with E-state index in [0.29, 0.717) is 18.6 Å². The summed E-state index contributed by atoms with van der Waals surface area (Å²) in [7, 11) is 0. The highest BCUT2D eigenvalue weighted by molar-refractivity contribution is 5.17. The van der Waals surface area contributed by atoms with Gasteiger partial charge in [0, 0.05) is 32.2 Å². The quantitative estimate of drug-likeness (QED) is 0.865. The van der Waals surface area contributed by atoms with Crippen LogP contribution in [0.2, 0.25) is 0 Å². The molecule has 2 aliphatic rings. The fourth-order valence-electron chi connectivity index (χ4n) is 3.20. The van der Waals surface area contributed by atoms with Gasteiger partial charge in [0.1, 0.15) is 0 Å². The summed E-state index contributed by atoms with van der Waals surface area (Å²) < 4.78 is 13.3. The van der Waals surface area contributed by atoms with Crippen molar-refractivity contribution in [1.82, 2.24) is 15.0 Å². The molecule has 3 rings (SSSR count). The molecule has 1 unspecified atom stereocenters. The number of ether oxygens (including phenoxy) is 2. The SMILES string of the molecule is NCCc1nnn(CC2CCCO2)c1C1CCOCC1. The zero-order valence-electron chi connectivity index (χ0n) is 12.0. The summed E-state index contributed by atoms with van der Waals surface area (Å²) in [6, 6.07) is 0. The average molecular weight is 280 g/mol. The van der Waals surface area contributed by atoms with Crippen LogP contribution in [0.25, 0.3) is 0 Å². The van der Waals surface area contributed by atoms with Crippen LogP contribution in [-0.4, -0.2) is 47.5 Å². The number of hydrogen-bond acceptors (Lipinski definition) is 5. The van der Waals surface area contributed by atoms with Gasteiger partial charge >= 0.3 is 0 Å². The molecule has 3 heterocycles. The minimum Gasteiger partial charge on any atom is -0.381 e. The van der Waals surface area contributed by atoms with Crippen LogP contribution in [0.1, 0.15) is 43.0 Å². The van der Waals surface area contributed by atoms with Crippen LogP contribution in [0.4, 0.5) is 0 Å². The molecule has 0 bridgehead atoms. The predicted molar refractivity (Wildman–Crippen MR) is 74.5 cm³/mol. The molecule has 1 atom stereocenters. The second kappa shape index (κ2) is 6.65. The number of rotatable bonds is 5. The molecular weight excluding hydrogens is 256 g/mol. The van der Waals surface area contributed by atoms with E-state index in [4.69, 9.17) is 15.2 Å². The van der Waals surface area contributed by atoms with Gasteiger partial charge in [-0.2, -0.15) is 0 Å². The maximum absolute atomic E-state index is 5.73. The topological polar surface area (TPSA) is 75.2 Å². The van der Waals surface area contributed by atoms with Crippen molar-refractivity contribution in [2.75, 3.05) is 26.4 Å². The standard InChI is InChI=1S/C14H24N4O2/c15-6-3-13-14(11-4-8-19-9-5-11)18(17-16-13)10-12-2-1-7-20-12/h11-12H,1-10,15H2. The van der Waals surface area contributed by atoms with Crippen LogP contribution in [0.3, 0.4) is 0 Å². The van der Waals surface area contributed by atoms with Crippen molar-refractivity contribution in [2.24, 2.45) is 5.73 Å². The van der Waals surface area contributed by atoms with E-state index in [1.54, 1.807) is 0 Å². The first-order valence-corrected chi connectivity index (χ1v) is 7.70. The van der Waals surface area contributed by atoms with E-state index in [9.17, 15) is 0 Å². The lowest BCUT2D eigenvalue weighted by Gasteiger charge is -2.24. The van der Waals surface area contributed by atoms with Gasteiger partial charge in [0.15, 0.2) is 0 Å². The molecule has 112 valence electrons. The molecule has 0 radical (unpaired) electrons. The third-order valence-electron chi connectivity index (χ3n) is 4.24. The normalized spacial score (nSPS) is 24.4. The van der Waals surface area contributed by atoms with Gasteiger partial charge in [0.2, 0.25) is 0 Å². The van der Waals surface area contributed by atoms with Gasteiger partial charge in [-0.05, 0) is 32.2 Å². The molecule has 1 aromatic heterocycles. The van der Waals surface area contributed by atoms with E-state index in [0.717, 1.165) is 64.2 Å². The van der Waals surface area contributed by atoms with Crippen molar-refractivity contribution in [3.8, 4) is 0 Å². The van der Waals surface area contributed by atoms with Crippen molar-refractivity contribution in [1.29, 1.82) is 0 Å². The molecule has 2 N–H and O–H groups in total. The summed E-state index contributed by atoms with van der Waals surface area (Å²) in [5, 5.41) is 8.72.